The number of nitrogens with zero attached hydrogens (tertiary/aromatic N) is 3. The third-order valence-corrected chi connectivity index (χ3v) is 3.96. The van der Waals surface area contributed by atoms with Crippen molar-refractivity contribution in [1.29, 1.82) is 5.26 Å². The molecule has 0 unspecified atom stereocenters. The van der Waals surface area contributed by atoms with E-state index in [1.54, 1.807) is 0 Å². The fourth-order valence-corrected chi connectivity index (χ4v) is 3.01. The minimum Gasteiger partial charge on any atom is -0.342 e. The largest absolute Gasteiger partial charge is 0.342 e. The fraction of sp³-hybridized carbons (Fsp3) is 0.882. The second-order valence-corrected chi connectivity index (χ2v) is 7.05. The maximum atomic E-state index is 12.7. The number of hydrogen-bond acceptors (Lipinski definition) is 3. The predicted molar refractivity (Wildman–Crippen MR) is 85.7 cm³/mol. The number of amides is 1. The van der Waals surface area contributed by atoms with Crippen LogP contribution in [0.25, 0.3) is 0 Å². The van der Waals surface area contributed by atoms with Crippen molar-refractivity contribution in [2.75, 3.05) is 32.7 Å². The third-order valence-electron chi connectivity index (χ3n) is 3.96. The average molecular weight is 293 g/mol. The van der Waals surface area contributed by atoms with Gasteiger partial charge in [0.1, 0.15) is 0 Å². The van der Waals surface area contributed by atoms with Crippen LogP contribution in [-0.2, 0) is 4.79 Å². The number of carbonyl (C=O) groups is 1. The van der Waals surface area contributed by atoms with Gasteiger partial charge in [0.25, 0.3) is 0 Å². The Labute approximate surface area is 130 Å². The monoisotopic (exact) mass is 293 g/mol. The Morgan fingerprint density at radius 3 is 2.14 bits per heavy atom. The molecule has 0 aromatic heterocycles. The maximum Gasteiger partial charge on any atom is 0.225 e. The van der Waals surface area contributed by atoms with E-state index in [-0.39, 0.29) is 5.92 Å². The molecule has 1 fully saturated rings. The molecule has 1 aliphatic heterocycles. The summed E-state index contributed by atoms with van der Waals surface area (Å²) in [6.45, 7) is 13.2. The average Bonchev–Trinajstić information content (AvgIpc) is 2.43. The van der Waals surface area contributed by atoms with E-state index in [0.29, 0.717) is 24.2 Å². The summed E-state index contributed by atoms with van der Waals surface area (Å²) in [6, 6.07) is 2.19. The lowest BCUT2D eigenvalue weighted by atomic mass is 9.94. The van der Waals surface area contributed by atoms with Gasteiger partial charge in [0.15, 0.2) is 0 Å². The Morgan fingerprint density at radius 2 is 1.71 bits per heavy atom. The van der Waals surface area contributed by atoms with Crippen molar-refractivity contribution in [3.63, 3.8) is 0 Å². The number of nitriles is 1. The molecule has 0 N–H and O–H groups in total. The lowest BCUT2D eigenvalue weighted by molar-refractivity contribution is -0.138. The first kappa shape index (κ1) is 18.0. The number of likely N-dealkylation sites (tertiary alicyclic amines) is 1. The molecule has 1 rings (SSSR count). The zero-order valence-corrected chi connectivity index (χ0v) is 14.1. The van der Waals surface area contributed by atoms with Gasteiger partial charge < -0.3 is 9.80 Å². The fourth-order valence-electron chi connectivity index (χ4n) is 3.01. The Kier molecular flexibility index (Phi) is 7.74. The van der Waals surface area contributed by atoms with Gasteiger partial charge in [-0.1, -0.05) is 27.7 Å². The Morgan fingerprint density at radius 1 is 1.19 bits per heavy atom. The normalized spacial score (nSPS) is 17.2. The van der Waals surface area contributed by atoms with E-state index < -0.39 is 0 Å². The van der Waals surface area contributed by atoms with Crippen LogP contribution in [0, 0.1) is 29.1 Å². The highest BCUT2D eigenvalue weighted by Gasteiger charge is 2.28. The van der Waals surface area contributed by atoms with E-state index >= 15 is 0 Å². The van der Waals surface area contributed by atoms with Crippen LogP contribution in [0.2, 0.25) is 0 Å². The topological polar surface area (TPSA) is 47.3 Å². The molecular formula is C17H31N3O. The van der Waals surface area contributed by atoms with Gasteiger partial charge in [0, 0.05) is 32.0 Å². The summed E-state index contributed by atoms with van der Waals surface area (Å²) < 4.78 is 0. The van der Waals surface area contributed by atoms with Crippen molar-refractivity contribution >= 4 is 5.91 Å². The number of piperidine rings is 1. The lowest BCUT2D eigenvalue weighted by Gasteiger charge is -2.35. The molecular weight excluding hydrogens is 262 g/mol. The van der Waals surface area contributed by atoms with E-state index in [0.717, 1.165) is 45.6 Å². The molecule has 0 saturated carbocycles. The molecule has 1 aliphatic rings. The van der Waals surface area contributed by atoms with Crippen LogP contribution < -0.4 is 0 Å². The van der Waals surface area contributed by atoms with Crippen molar-refractivity contribution in [2.24, 2.45) is 17.8 Å². The predicted octanol–water partition coefficient (Wildman–Crippen LogP) is 2.75. The number of rotatable bonds is 7. The molecule has 1 saturated heterocycles. The van der Waals surface area contributed by atoms with E-state index in [1.165, 1.54) is 0 Å². The number of carbonyl (C=O) groups excluding carboxylic acids is 1. The summed E-state index contributed by atoms with van der Waals surface area (Å²) in [5.74, 6) is 1.56. The quantitative estimate of drug-likeness (QED) is 0.725. The minimum absolute atomic E-state index is 0.181. The molecule has 0 aromatic rings. The zero-order valence-electron chi connectivity index (χ0n) is 14.1. The minimum atomic E-state index is 0.181. The molecule has 1 heterocycles. The second kappa shape index (κ2) is 9.04. The summed E-state index contributed by atoms with van der Waals surface area (Å²) in [6.07, 6.45) is 2.47. The van der Waals surface area contributed by atoms with Gasteiger partial charge in [-0.05, 0) is 37.8 Å². The SMILES string of the molecule is CC(C)CN(CC(C)C)C(=O)C1CCN(CCC#N)CC1. The maximum absolute atomic E-state index is 12.7. The first-order valence-electron chi connectivity index (χ1n) is 8.32. The molecule has 1 amide bonds. The highest BCUT2D eigenvalue weighted by molar-refractivity contribution is 5.79. The van der Waals surface area contributed by atoms with Crippen molar-refractivity contribution < 1.29 is 4.79 Å². The van der Waals surface area contributed by atoms with Crippen molar-refractivity contribution in [2.45, 2.75) is 47.0 Å². The standard InChI is InChI=1S/C17H31N3O/c1-14(2)12-20(13-15(3)4)17(21)16-6-10-19(11-7-16)9-5-8-18/h14-16H,5-7,9-13H2,1-4H3. The number of hydrogen-bond donors (Lipinski definition) is 0. The van der Waals surface area contributed by atoms with E-state index in [2.05, 4.69) is 43.6 Å². The Hall–Kier alpha value is -1.08. The molecule has 4 nitrogen and oxygen atoms in total. The molecule has 0 aliphatic carbocycles. The summed E-state index contributed by atoms with van der Waals surface area (Å²) in [4.78, 5) is 17.1. The molecule has 0 radical (unpaired) electrons. The molecule has 4 heteroatoms. The summed E-state index contributed by atoms with van der Waals surface area (Å²) in [5.41, 5.74) is 0. The van der Waals surface area contributed by atoms with E-state index in [1.807, 2.05) is 0 Å². The lowest BCUT2D eigenvalue weighted by Crippen LogP contribution is -2.45. The molecule has 0 spiro atoms. The Balaban J connectivity index is 2.51. The van der Waals surface area contributed by atoms with Gasteiger partial charge >= 0.3 is 0 Å². The van der Waals surface area contributed by atoms with Crippen LogP contribution in [0.5, 0.6) is 0 Å². The molecule has 0 bridgehead atoms. The highest BCUT2D eigenvalue weighted by Crippen LogP contribution is 2.21. The zero-order chi connectivity index (χ0) is 15.8. The van der Waals surface area contributed by atoms with Crippen molar-refractivity contribution in [3.8, 4) is 6.07 Å². The summed E-state index contributed by atoms with van der Waals surface area (Å²) in [5, 5.41) is 8.64. The van der Waals surface area contributed by atoms with Gasteiger partial charge in [0.2, 0.25) is 5.91 Å². The van der Waals surface area contributed by atoms with Gasteiger partial charge in [-0.2, -0.15) is 5.26 Å². The molecule has 21 heavy (non-hydrogen) atoms. The van der Waals surface area contributed by atoms with Crippen LogP contribution in [-0.4, -0.2) is 48.4 Å². The smallest absolute Gasteiger partial charge is 0.225 e. The van der Waals surface area contributed by atoms with Crippen LogP contribution in [0.15, 0.2) is 0 Å². The van der Waals surface area contributed by atoms with E-state index in [9.17, 15) is 4.79 Å². The molecule has 0 aromatic carbocycles. The van der Waals surface area contributed by atoms with Gasteiger partial charge in [-0.15, -0.1) is 0 Å². The molecule has 120 valence electrons. The van der Waals surface area contributed by atoms with Crippen LogP contribution in [0.1, 0.15) is 47.0 Å². The van der Waals surface area contributed by atoms with Gasteiger partial charge in [-0.3, -0.25) is 4.79 Å². The second-order valence-electron chi connectivity index (χ2n) is 7.05. The highest BCUT2D eigenvalue weighted by atomic mass is 16.2. The first-order chi connectivity index (χ1) is 9.93. The van der Waals surface area contributed by atoms with Crippen molar-refractivity contribution in [3.05, 3.63) is 0 Å². The first-order valence-corrected chi connectivity index (χ1v) is 8.32. The van der Waals surface area contributed by atoms with Crippen LogP contribution in [0.3, 0.4) is 0 Å². The summed E-state index contributed by atoms with van der Waals surface area (Å²) >= 11 is 0. The van der Waals surface area contributed by atoms with Crippen LogP contribution in [0.4, 0.5) is 0 Å². The summed E-state index contributed by atoms with van der Waals surface area (Å²) in [7, 11) is 0. The van der Waals surface area contributed by atoms with Crippen LogP contribution >= 0.6 is 0 Å². The Bertz CT molecular complexity index is 342. The third kappa shape index (κ3) is 6.48. The van der Waals surface area contributed by atoms with E-state index in [4.69, 9.17) is 5.26 Å². The van der Waals surface area contributed by atoms with Gasteiger partial charge in [0.05, 0.1) is 6.07 Å². The van der Waals surface area contributed by atoms with Crippen molar-refractivity contribution in [1.82, 2.24) is 9.80 Å². The molecule has 0 atom stereocenters. The van der Waals surface area contributed by atoms with Gasteiger partial charge in [-0.25, -0.2) is 0 Å².